The summed E-state index contributed by atoms with van der Waals surface area (Å²) in [6, 6.07) is 0. The predicted molar refractivity (Wildman–Crippen MR) is 44.7 cm³/mol. The van der Waals surface area contributed by atoms with Crippen molar-refractivity contribution in [1.29, 1.82) is 0 Å². The molecule has 0 rings (SSSR count). The molecular formula is C8H18O4. The smallest absolute Gasteiger partial charge is 0.180 e. The molecule has 0 saturated carbocycles. The summed E-state index contributed by atoms with van der Waals surface area (Å²) < 4.78 is 15.3. The maximum absolute atomic E-state index is 8.80. The van der Waals surface area contributed by atoms with Crippen LogP contribution in [0.5, 0.6) is 0 Å². The summed E-state index contributed by atoms with van der Waals surface area (Å²) in [5.41, 5.74) is 0. The van der Waals surface area contributed by atoms with Gasteiger partial charge in [0.25, 0.3) is 0 Å². The van der Waals surface area contributed by atoms with Gasteiger partial charge in [0.15, 0.2) is 12.6 Å². The van der Waals surface area contributed by atoms with Gasteiger partial charge in [0.1, 0.15) is 6.61 Å². The van der Waals surface area contributed by atoms with E-state index in [1.807, 2.05) is 13.8 Å². The molecule has 0 saturated heterocycles. The molecule has 0 aliphatic rings. The second kappa shape index (κ2) is 7.49. The summed E-state index contributed by atoms with van der Waals surface area (Å²) in [4.78, 5) is 0. The Morgan fingerprint density at radius 1 is 1.08 bits per heavy atom. The molecule has 0 amide bonds. The van der Waals surface area contributed by atoms with Gasteiger partial charge in [-0.25, -0.2) is 0 Å². The van der Waals surface area contributed by atoms with Crippen LogP contribution in [-0.4, -0.2) is 37.5 Å². The molecule has 0 spiro atoms. The van der Waals surface area contributed by atoms with Gasteiger partial charge in [-0.2, -0.15) is 0 Å². The minimum Gasteiger partial charge on any atom is -0.368 e. The quantitative estimate of drug-likeness (QED) is 0.584. The van der Waals surface area contributed by atoms with E-state index < -0.39 is 6.29 Å². The van der Waals surface area contributed by atoms with E-state index >= 15 is 0 Å². The van der Waals surface area contributed by atoms with Crippen LogP contribution in [0.2, 0.25) is 0 Å². The van der Waals surface area contributed by atoms with Crippen LogP contribution in [0.1, 0.15) is 20.8 Å². The summed E-state index contributed by atoms with van der Waals surface area (Å²) in [5, 5.41) is 8.80. The second-order valence-electron chi connectivity index (χ2n) is 2.27. The molecule has 0 aromatic heterocycles. The average Bonchev–Trinajstić information content (AvgIpc) is 2.01. The number of aliphatic hydroxyl groups excluding tert-OH is 1. The van der Waals surface area contributed by atoms with Crippen molar-refractivity contribution in [2.24, 2.45) is 0 Å². The van der Waals surface area contributed by atoms with Crippen LogP contribution in [-0.2, 0) is 14.2 Å². The molecule has 74 valence electrons. The Morgan fingerprint density at radius 3 is 1.92 bits per heavy atom. The maximum Gasteiger partial charge on any atom is 0.180 e. The van der Waals surface area contributed by atoms with E-state index in [9.17, 15) is 0 Å². The molecule has 0 radical (unpaired) electrons. The van der Waals surface area contributed by atoms with Gasteiger partial charge < -0.3 is 19.3 Å². The Labute approximate surface area is 73.4 Å². The zero-order valence-corrected chi connectivity index (χ0v) is 7.95. The Hall–Kier alpha value is -0.160. The van der Waals surface area contributed by atoms with Crippen molar-refractivity contribution < 1.29 is 19.3 Å². The van der Waals surface area contributed by atoms with Gasteiger partial charge in [-0.15, -0.1) is 0 Å². The third-order valence-corrected chi connectivity index (χ3v) is 1.18. The maximum atomic E-state index is 8.80. The summed E-state index contributed by atoms with van der Waals surface area (Å²) in [6.45, 7) is 6.73. The van der Waals surface area contributed by atoms with Crippen LogP contribution in [0.15, 0.2) is 0 Å². The highest BCUT2D eigenvalue weighted by molar-refractivity contribution is 4.41. The minimum atomic E-state index is -0.770. The lowest BCUT2D eigenvalue weighted by Gasteiger charge is -2.17. The molecule has 0 aliphatic carbocycles. The molecule has 1 unspecified atom stereocenters. The highest BCUT2D eigenvalue weighted by Crippen LogP contribution is 1.97. The standard InChI is InChI=1S/C8H18O4/c1-4-10-8(11-5-2)6-12-7(3)9/h7-9H,4-6H2,1-3H3. The first-order valence-electron chi connectivity index (χ1n) is 4.23. The molecule has 12 heavy (non-hydrogen) atoms. The minimum absolute atomic E-state index is 0.263. The fraction of sp³-hybridized carbons (Fsp3) is 1.00. The van der Waals surface area contributed by atoms with E-state index in [1.54, 1.807) is 6.92 Å². The zero-order chi connectivity index (χ0) is 9.40. The van der Waals surface area contributed by atoms with E-state index in [-0.39, 0.29) is 12.9 Å². The first-order chi connectivity index (χ1) is 5.70. The Balaban J connectivity index is 3.48. The van der Waals surface area contributed by atoms with Crippen molar-refractivity contribution in [2.45, 2.75) is 33.4 Å². The average molecular weight is 178 g/mol. The molecule has 0 bridgehead atoms. The third-order valence-electron chi connectivity index (χ3n) is 1.18. The highest BCUT2D eigenvalue weighted by atomic mass is 16.7. The lowest BCUT2D eigenvalue weighted by Crippen LogP contribution is -2.25. The van der Waals surface area contributed by atoms with Crippen molar-refractivity contribution in [3.8, 4) is 0 Å². The molecule has 0 heterocycles. The van der Waals surface area contributed by atoms with Crippen molar-refractivity contribution in [2.75, 3.05) is 19.8 Å². The van der Waals surface area contributed by atoms with Crippen LogP contribution >= 0.6 is 0 Å². The van der Waals surface area contributed by atoms with Gasteiger partial charge >= 0.3 is 0 Å². The van der Waals surface area contributed by atoms with E-state index in [4.69, 9.17) is 19.3 Å². The fourth-order valence-corrected chi connectivity index (χ4v) is 0.734. The van der Waals surface area contributed by atoms with Gasteiger partial charge in [0.2, 0.25) is 0 Å². The SMILES string of the molecule is CCOC(COC(C)O)OCC. The van der Waals surface area contributed by atoms with Crippen molar-refractivity contribution in [3.05, 3.63) is 0 Å². The molecular weight excluding hydrogens is 160 g/mol. The largest absolute Gasteiger partial charge is 0.368 e. The van der Waals surface area contributed by atoms with Gasteiger partial charge in [-0.05, 0) is 20.8 Å². The summed E-state index contributed by atoms with van der Waals surface area (Å²) in [7, 11) is 0. The van der Waals surface area contributed by atoms with Crippen LogP contribution in [0.4, 0.5) is 0 Å². The third kappa shape index (κ3) is 6.54. The van der Waals surface area contributed by atoms with Gasteiger partial charge in [0.05, 0.1) is 0 Å². The van der Waals surface area contributed by atoms with Crippen LogP contribution in [0.25, 0.3) is 0 Å². The first kappa shape index (κ1) is 11.8. The van der Waals surface area contributed by atoms with Crippen molar-refractivity contribution >= 4 is 0 Å². The molecule has 0 fully saturated rings. The first-order valence-corrected chi connectivity index (χ1v) is 4.23. The topological polar surface area (TPSA) is 47.9 Å². The fourth-order valence-electron chi connectivity index (χ4n) is 0.734. The number of ether oxygens (including phenoxy) is 3. The Bertz CT molecular complexity index is 89.1. The zero-order valence-electron chi connectivity index (χ0n) is 7.95. The van der Waals surface area contributed by atoms with E-state index in [2.05, 4.69) is 0 Å². The molecule has 1 N–H and O–H groups in total. The molecule has 4 heteroatoms. The van der Waals surface area contributed by atoms with E-state index in [1.165, 1.54) is 0 Å². The Morgan fingerprint density at radius 2 is 1.58 bits per heavy atom. The Kier molecular flexibility index (Phi) is 7.39. The van der Waals surface area contributed by atoms with Crippen molar-refractivity contribution in [1.82, 2.24) is 0 Å². The number of hydrogen-bond acceptors (Lipinski definition) is 4. The van der Waals surface area contributed by atoms with Gasteiger partial charge in [-0.3, -0.25) is 0 Å². The monoisotopic (exact) mass is 178 g/mol. The summed E-state index contributed by atoms with van der Waals surface area (Å²) in [5.74, 6) is 0. The lowest BCUT2D eigenvalue weighted by atomic mass is 10.6. The summed E-state index contributed by atoms with van der Waals surface area (Å²) in [6.07, 6.45) is -1.14. The summed E-state index contributed by atoms with van der Waals surface area (Å²) >= 11 is 0. The van der Waals surface area contributed by atoms with Gasteiger partial charge in [-0.1, -0.05) is 0 Å². The predicted octanol–water partition coefficient (Wildman–Crippen LogP) is 0.740. The van der Waals surface area contributed by atoms with Gasteiger partial charge in [0, 0.05) is 13.2 Å². The van der Waals surface area contributed by atoms with Crippen LogP contribution in [0.3, 0.4) is 0 Å². The highest BCUT2D eigenvalue weighted by Gasteiger charge is 2.08. The molecule has 0 aromatic carbocycles. The molecule has 4 nitrogen and oxygen atoms in total. The molecule has 0 aromatic rings. The van der Waals surface area contributed by atoms with Crippen LogP contribution in [0, 0.1) is 0 Å². The molecule has 1 atom stereocenters. The molecule has 0 aliphatic heterocycles. The van der Waals surface area contributed by atoms with E-state index in [0.717, 1.165) is 0 Å². The number of aliphatic hydroxyl groups is 1. The normalized spacial score (nSPS) is 13.8. The number of hydrogen-bond donors (Lipinski definition) is 1. The number of rotatable bonds is 7. The lowest BCUT2D eigenvalue weighted by molar-refractivity contribution is -0.199. The second-order valence-corrected chi connectivity index (χ2v) is 2.27. The van der Waals surface area contributed by atoms with Crippen LogP contribution < -0.4 is 0 Å². The van der Waals surface area contributed by atoms with Crippen molar-refractivity contribution in [3.63, 3.8) is 0 Å². The van der Waals surface area contributed by atoms with E-state index in [0.29, 0.717) is 13.2 Å².